The molecule has 8 nitrogen and oxygen atoms in total. The molecule has 0 fully saturated rings. The van der Waals surface area contributed by atoms with E-state index in [-0.39, 0.29) is 12.5 Å². The average molecular weight is 352 g/mol. The van der Waals surface area contributed by atoms with Crippen molar-refractivity contribution in [3.8, 4) is 11.3 Å². The zero-order valence-electron chi connectivity index (χ0n) is 14.9. The highest BCUT2D eigenvalue weighted by Crippen LogP contribution is 2.19. The molecule has 1 amide bonds. The lowest BCUT2D eigenvalue weighted by Gasteiger charge is -2.15. The third-order valence-electron chi connectivity index (χ3n) is 3.86. The number of anilines is 1. The molecule has 1 aromatic carbocycles. The number of amides is 1. The van der Waals surface area contributed by atoms with Crippen LogP contribution < -0.4 is 5.32 Å². The Balaban J connectivity index is 1.76. The van der Waals surface area contributed by atoms with Crippen LogP contribution in [-0.4, -0.2) is 45.2 Å². The minimum absolute atomic E-state index is 0.130. The van der Waals surface area contributed by atoms with Crippen molar-refractivity contribution in [1.82, 2.24) is 25.2 Å². The first-order valence-electron chi connectivity index (χ1n) is 8.29. The summed E-state index contributed by atoms with van der Waals surface area (Å²) in [4.78, 5) is 18.5. The minimum atomic E-state index is -0.130. The van der Waals surface area contributed by atoms with Crippen LogP contribution in [0.25, 0.3) is 11.3 Å². The SMILES string of the molecule is CCc1nc(CN(C)C(=O)c2cccc(-c3ccc(NC)nn3)c2)no1. The molecule has 3 aromatic rings. The average Bonchev–Trinajstić information content (AvgIpc) is 3.15. The summed E-state index contributed by atoms with van der Waals surface area (Å²) in [6.45, 7) is 2.22. The Morgan fingerprint density at radius 2 is 2.08 bits per heavy atom. The Morgan fingerprint density at radius 3 is 2.73 bits per heavy atom. The molecule has 8 heteroatoms. The van der Waals surface area contributed by atoms with Crippen molar-refractivity contribution < 1.29 is 9.32 Å². The smallest absolute Gasteiger partial charge is 0.254 e. The molecule has 0 aliphatic heterocycles. The van der Waals surface area contributed by atoms with Gasteiger partial charge in [-0.25, -0.2) is 0 Å². The van der Waals surface area contributed by atoms with Crippen LogP contribution in [0.1, 0.15) is 29.0 Å². The predicted molar refractivity (Wildman–Crippen MR) is 96.5 cm³/mol. The van der Waals surface area contributed by atoms with Gasteiger partial charge in [-0.1, -0.05) is 24.2 Å². The number of carbonyl (C=O) groups excluding carboxylic acids is 1. The van der Waals surface area contributed by atoms with Crippen molar-refractivity contribution in [2.75, 3.05) is 19.4 Å². The summed E-state index contributed by atoms with van der Waals surface area (Å²) < 4.78 is 5.08. The van der Waals surface area contributed by atoms with Gasteiger partial charge in [-0.15, -0.1) is 10.2 Å². The predicted octanol–water partition coefficient (Wildman–Crippen LogP) is 2.40. The molecule has 0 unspecified atom stereocenters. The number of hydrogen-bond acceptors (Lipinski definition) is 7. The van der Waals surface area contributed by atoms with Crippen molar-refractivity contribution in [1.29, 1.82) is 0 Å². The summed E-state index contributed by atoms with van der Waals surface area (Å²) >= 11 is 0. The van der Waals surface area contributed by atoms with Gasteiger partial charge in [0.2, 0.25) is 5.89 Å². The summed E-state index contributed by atoms with van der Waals surface area (Å²) in [7, 11) is 3.49. The molecular weight excluding hydrogens is 332 g/mol. The highest BCUT2D eigenvalue weighted by Gasteiger charge is 2.16. The third-order valence-corrected chi connectivity index (χ3v) is 3.86. The summed E-state index contributed by atoms with van der Waals surface area (Å²) in [5.74, 6) is 1.61. The van der Waals surface area contributed by atoms with Gasteiger partial charge in [0.15, 0.2) is 5.82 Å². The van der Waals surface area contributed by atoms with Crippen LogP contribution in [-0.2, 0) is 13.0 Å². The molecule has 0 saturated heterocycles. The van der Waals surface area contributed by atoms with Crippen molar-refractivity contribution in [2.45, 2.75) is 19.9 Å². The van der Waals surface area contributed by atoms with E-state index in [9.17, 15) is 4.79 Å². The summed E-state index contributed by atoms with van der Waals surface area (Å²) in [5, 5.41) is 15.0. The molecule has 0 saturated carbocycles. The molecule has 3 rings (SSSR count). The maximum Gasteiger partial charge on any atom is 0.254 e. The van der Waals surface area contributed by atoms with E-state index in [2.05, 4.69) is 25.7 Å². The molecule has 26 heavy (non-hydrogen) atoms. The molecule has 0 spiro atoms. The van der Waals surface area contributed by atoms with Crippen molar-refractivity contribution >= 4 is 11.7 Å². The van der Waals surface area contributed by atoms with Gasteiger partial charge in [-0.2, -0.15) is 4.98 Å². The Hall–Kier alpha value is -3.29. The molecule has 2 aromatic heterocycles. The first-order valence-corrected chi connectivity index (χ1v) is 8.29. The quantitative estimate of drug-likeness (QED) is 0.727. The Morgan fingerprint density at radius 1 is 1.23 bits per heavy atom. The number of aromatic nitrogens is 4. The Kier molecular flexibility index (Phi) is 5.21. The molecule has 0 radical (unpaired) electrons. The lowest BCUT2D eigenvalue weighted by molar-refractivity contribution is 0.0780. The first-order chi connectivity index (χ1) is 12.6. The fourth-order valence-corrected chi connectivity index (χ4v) is 2.43. The highest BCUT2D eigenvalue weighted by molar-refractivity contribution is 5.95. The van der Waals surface area contributed by atoms with E-state index in [1.165, 1.54) is 0 Å². The molecular formula is C18H20N6O2. The topological polar surface area (TPSA) is 97.0 Å². The number of carbonyl (C=O) groups is 1. The molecule has 0 aliphatic rings. The molecule has 1 N–H and O–H groups in total. The van der Waals surface area contributed by atoms with Crippen molar-refractivity contribution in [3.05, 3.63) is 53.7 Å². The van der Waals surface area contributed by atoms with Gasteiger partial charge in [-0.05, 0) is 24.3 Å². The van der Waals surface area contributed by atoms with E-state index >= 15 is 0 Å². The van der Waals surface area contributed by atoms with Gasteiger partial charge >= 0.3 is 0 Å². The molecule has 0 bridgehead atoms. The van der Waals surface area contributed by atoms with E-state index in [1.54, 1.807) is 31.1 Å². The summed E-state index contributed by atoms with van der Waals surface area (Å²) in [5.41, 5.74) is 2.09. The standard InChI is InChI=1S/C18H20N6O2/c1-4-17-20-16(23-26-17)11-24(3)18(25)13-7-5-6-12(10-13)14-8-9-15(19-2)22-21-14/h5-10H,4,11H2,1-3H3,(H,19,22). The van der Waals surface area contributed by atoms with Crippen LogP contribution in [0.3, 0.4) is 0 Å². The van der Waals surface area contributed by atoms with E-state index in [1.807, 2.05) is 31.2 Å². The summed E-state index contributed by atoms with van der Waals surface area (Å²) in [6.07, 6.45) is 0.667. The van der Waals surface area contributed by atoms with E-state index in [4.69, 9.17) is 4.52 Å². The highest BCUT2D eigenvalue weighted by atomic mass is 16.5. The number of nitrogens with zero attached hydrogens (tertiary/aromatic N) is 5. The van der Waals surface area contributed by atoms with Crippen LogP contribution in [0, 0.1) is 0 Å². The number of aryl methyl sites for hydroxylation is 1. The van der Waals surface area contributed by atoms with Crippen molar-refractivity contribution in [2.24, 2.45) is 0 Å². The van der Waals surface area contributed by atoms with Crippen LogP contribution in [0.2, 0.25) is 0 Å². The van der Waals surface area contributed by atoms with Crippen LogP contribution in [0.4, 0.5) is 5.82 Å². The molecule has 0 aliphatic carbocycles. The molecule has 2 heterocycles. The molecule has 134 valence electrons. The zero-order valence-corrected chi connectivity index (χ0v) is 14.9. The van der Waals surface area contributed by atoms with Gasteiger partial charge in [0.05, 0.1) is 12.2 Å². The van der Waals surface area contributed by atoms with Gasteiger partial charge in [0.25, 0.3) is 5.91 Å². The van der Waals surface area contributed by atoms with Crippen LogP contribution in [0.15, 0.2) is 40.9 Å². The second-order valence-electron chi connectivity index (χ2n) is 5.75. The second-order valence-corrected chi connectivity index (χ2v) is 5.75. The lowest BCUT2D eigenvalue weighted by Crippen LogP contribution is -2.26. The monoisotopic (exact) mass is 352 g/mol. The van der Waals surface area contributed by atoms with E-state index < -0.39 is 0 Å². The lowest BCUT2D eigenvalue weighted by atomic mass is 10.1. The van der Waals surface area contributed by atoms with Crippen molar-refractivity contribution in [3.63, 3.8) is 0 Å². The van der Waals surface area contributed by atoms with E-state index in [0.717, 1.165) is 5.56 Å². The number of nitrogens with one attached hydrogen (secondary N) is 1. The van der Waals surface area contributed by atoms with Crippen LogP contribution in [0.5, 0.6) is 0 Å². The normalized spacial score (nSPS) is 10.6. The number of hydrogen-bond donors (Lipinski definition) is 1. The first kappa shape index (κ1) is 17.5. The Labute approximate surface area is 151 Å². The maximum atomic E-state index is 12.7. The van der Waals surface area contributed by atoms with E-state index in [0.29, 0.717) is 35.2 Å². The van der Waals surface area contributed by atoms with Gasteiger partial charge in [-0.3, -0.25) is 4.79 Å². The fourth-order valence-electron chi connectivity index (χ4n) is 2.43. The summed E-state index contributed by atoms with van der Waals surface area (Å²) in [6, 6.07) is 11.0. The Bertz CT molecular complexity index is 891. The van der Waals surface area contributed by atoms with Crippen LogP contribution >= 0.6 is 0 Å². The minimum Gasteiger partial charge on any atom is -0.372 e. The number of rotatable bonds is 6. The molecule has 0 atom stereocenters. The number of benzene rings is 1. The fraction of sp³-hybridized carbons (Fsp3) is 0.278. The van der Waals surface area contributed by atoms with Gasteiger partial charge in [0.1, 0.15) is 5.82 Å². The zero-order chi connectivity index (χ0) is 18.5. The largest absolute Gasteiger partial charge is 0.372 e. The van der Waals surface area contributed by atoms with Gasteiger partial charge < -0.3 is 14.7 Å². The maximum absolute atomic E-state index is 12.7. The van der Waals surface area contributed by atoms with Gasteiger partial charge in [0, 0.05) is 31.6 Å². The third kappa shape index (κ3) is 3.85. The second kappa shape index (κ2) is 7.73.